The Balaban J connectivity index is 1.99. The average molecular weight is 253 g/mol. The van der Waals surface area contributed by atoms with Gasteiger partial charge in [-0.3, -0.25) is 4.79 Å². The van der Waals surface area contributed by atoms with E-state index in [0.29, 0.717) is 11.8 Å². The first kappa shape index (κ1) is 12.1. The number of thioether (sulfide) groups is 1. The highest BCUT2D eigenvalue weighted by Gasteiger charge is 2.19. The Morgan fingerprint density at radius 2 is 2.12 bits per heavy atom. The molecule has 1 aliphatic rings. The zero-order valence-electron chi connectivity index (χ0n) is 9.35. The fourth-order valence-corrected chi connectivity index (χ4v) is 3.06. The van der Waals surface area contributed by atoms with Crippen LogP contribution in [-0.2, 0) is 0 Å². The molecule has 0 spiro atoms. The van der Waals surface area contributed by atoms with E-state index in [1.54, 1.807) is 0 Å². The first-order chi connectivity index (χ1) is 8.18. The molecule has 1 aliphatic heterocycles. The van der Waals surface area contributed by atoms with E-state index in [-0.39, 0.29) is 17.1 Å². The molecule has 3 N–H and O–H groups in total. The van der Waals surface area contributed by atoms with Gasteiger partial charge in [-0.25, -0.2) is 0 Å². The molecule has 0 bridgehead atoms. The van der Waals surface area contributed by atoms with Crippen LogP contribution < -0.4 is 5.32 Å². The molecule has 1 atom stereocenters. The second-order valence-corrected chi connectivity index (χ2v) is 5.42. The van der Waals surface area contributed by atoms with Crippen molar-refractivity contribution in [3.05, 3.63) is 23.8 Å². The van der Waals surface area contributed by atoms with Crippen LogP contribution in [0.4, 0.5) is 0 Å². The van der Waals surface area contributed by atoms with Crippen LogP contribution in [0.25, 0.3) is 0 Å². The Morgan fingerprint density at radius 3 is 2.71 bits per heavy atom. The van der Waals surface area contributed by atoms with Crippen molar-refractivity contribution in [3.63, 3.8) is 0 Å². The topological polar surface area (TPSA) is 69.6 Å². The molecule has 1 unspecified atom stereocenters. The third kappa shape index (κ3) is 2.85. The normalized spacial score (nSPS) is 19.2. The van der Waals surface area contributed by atoms with E-state index in [4.69, 9.17) is 0 Å². The first-order valence-corrected chi connectivity index (χ1v) is 6.64. The van der Waals surface area contributed by atoms with E-state index >= 15 is 0 Å². The number of hydrogen-bond donors (Lipinski definition) is 3. The van der Waals surface area contributed by atoms with Crippen LogP contribution in [0, 0.1) is 0 Å². The van der Waals surface area contributed by atoms with Gasteiger partial charge in [0.25, 0.3) is 5.91 Å². The highest BCUT2D eigenvalue weighted by Crippen LogP contribution is 2.27. The van der Waals surface area contributed by atoms with Crippen LogP contribution in [0.1, 0.15) is 23.2 Å². The molecule has 92 valence electrons. The Kier molecular flexibility index (Phi) is 3.78. The molecule has 1 amide bonds. The summed E-state index contributed by atoms with van der Waals surface area (Å²) in [5.74, 6) is 0.332. The summed E-state index contributed by atoms with van der Waals surface area (Å²) in [6.07, 6.45) is 2.30. The summed E-state index contributed by atoms with van der Waals surface area (Å²) < 4.78 is 0. The smallest absolute Gasteiger partial charge is 0.258 e. The van der Waals surface area contributed by atoms with Gasteiger partial charge in [-0.2, -0.15) is 11.8 Å². The largest absolute Gasteiger partial charge is 0.507 e. The van der Waals surface area contributed by atoms with Gasteiger partial charge in [-0.15, -0.1) is 0 Å². The summed E-state index contributed by atoms with van der Waals surface area (Å²) in [5, 5.41) is 22.2. The predicted molar refractivity (Wildman–Crippen MR) is 67.6 cm³/mol. The zero-order valence-corrected chi connectivity index (χ0v) is 10.2. The summed E-state index contributed by atoms with van der Waals surface area (Å²) in [6.45, 7) is 0.581. The molecule has 2 rings (SSSR count). The monoisotopic (exact) mass is 253 g/mol. The number of hydrogen-bond acceptors (Lipinski definition) is 4. The lowest BCUT2D eigenvalue weighted by Gasteiger charge is -2.11. The van der Waals surface area contributed by atoms with Gasteiger partial charge in [-0.05, 0) is 30.7 Å². The number of carbonyl (C=O) groups excluding carboxylic acids is 1. The molecule has 0 radical (unpaired) electrons. The van der Waals surface area contributed by atoms with E-state index < -0.39 is 5.91 Å². The van der Waals surface area contributed by atoms with Gasteiger partial charge in [0.2, 0.25) is 0 Å². The quantitative estimate of drug-likeness (QED) is 0.767. The van der Waals surface area contributed by atoms with Crippen molar-refractivity contribution in [3.8, 4) is 11.5 Å². The maximum atomic E-state index is 11.8. The minimum atomic E-state index is -0.423. The molecule has 1 heterocycles. The van der Waals surface area contributed by atoms with E-state index in [2.05, 4.69) is 5.32 Å². The molecule has 5 heteroatoms. The molecular weight excluding hydrogens is 238 g/mol. The van der Waals surface area contributed by atoms with Crippen molar-refractivity contribution in [2.75, 3.05) is 12.3 Å². The molecule has 0 aliphatic carbocycles. The zero-order chi connectivity index (χ0) is 12.3. The number of phenolic OH excluding ortho intramolecular Hbond substituents is 2. The minimum Gasteiger partial charge on any atom is -0.507 e. The molecule has 1 aromatic carbocycles. The summed E-state index contributed by atoms with van der Waals surface area (Å²) >= 11 is 1.85. The number of carbonyl (C=O) groups is 1. The van der Waals surface area contributed by atoms with Gasteiger partial charge in [0.1, 0.15) is 17.1 Å². The van der Waals surface area contributed by atoms with Gasteiger partial charge in [0, 0.05) is 11.8 Å². The third-order valence-corrected chi connectivity index (χ3v) is 4.16. The summed E-state index contributed by atoms with van der Waals surface area (Å²) in [7, 11) is 0. The maximum absolute atomic E-state index is 11.8. The molecule has 1 saturated heterocycles. The van der Waals surface area contributed by atoms with Crippen molar-refractivity contribution in [2.45, 2.75) is 18.1 Å². The summed E-state index contributed by atoms with van der Waals surface area (Å²) in [4.78, 5) is 11.8. The highest BCUT2D eigenvalue weighted by molar-refractivity contribution is 8.00. The van der Waals surface area contributed by atoms with Crippen LogP contribution in [0.3, 0.4) is 0 Å². The van der Waals surface area contributed by atoms with E-state index in [0.717, 1.165) is 12.2 Å². The number of nitrogens with one attached hydrogen (secondary N) is 1. The number of rotatable bonds is 3. The second-order valence-electron chi connectivity index (χ2n) is 4.02. The Labute approximate surface area is 104 Å². The van der Waals surface area contributed by atoms with Crippen molar-refractivity contribution in [1.29, 1.82) is 0 Å². The highest BCUT2D eigenvalue weighted by atomic mass is 32.2. The number of benzene rings is 1. The average Bonchev–Trinajstić information content (AvgIpc) is 2.79. The molecule has 1 fully saturated rings. The molecule has 0 saturated carbocycles. The molecule has 17 heavy (non-hydrogen) atoms. The number of phenols is 2. The molecular formula is C12H15NO3S. The van der Waals surface area contributed by atoms with Crippen LogP contribution in [0.2, 0.25) is 0 Å². The van der Waals surface area contributed by atoms with Crippen LogP contribution in [0.15, 0.2) is 18.2 Å². The predicted octanol–water partition coefficient (Wildman–Crippen LogP) is 1.72. The van der Waals surface area contributed by atoms with Gasteiger partial charge >= 0.3 is 0 Å². The van der Waals surface area contributed by atoms with Crippen LogP contribution in [0.5, 0.6) is 11.5 Å². The molecule has 0 aromatic heterocycles. The van der Waals surface area contributed by atoms with Gasteiger partial charge in [0.05, 0.1) is 0 Å². The number of aromatic hydroxyl groups is 2. The summed E-state index contributed by atoms with van der Waals surface area (Å²) in [6, 6.07) is 4.27. The van der Waals surface area contributed by atoms with Crippen molar-refractivity contribution in [1.82, 2.24) is 5.32 Å². The number of amides is 1. The fourth-order valence-electron chi connectivity index (χ4n) is 1.86. The van der Waals surface area contributed by atoms with Gasteiger partial charge in [-0.1, -0.05) is 6.07 Å². The van der Waals surface area contributed by atoms with Crippen LogP contribution in [-0.4, -0.2) is 33.7 Å². The van der Waals surface area contributed by atoms with Gasteiger partial charge in [0.15, 0.2) is 0 Å². The summed E-state index contributed by atoms with van der Waals surface area (Å²) in [5.41, 5.74) is -0.0458. The standard InChI is InChI=1S/C12H15NO3S/c14-9-4-1-5-10(15)11(9)12(16)13-7-8-3-2-6-17-8/h1,4-5,8,14-15H,2-3,6-7H2,(H,13,16). The lowest BCUT2D eigenvalue weighted by Crippen LogP contribution is -2.29. The first-order valence-electron chi connectivity index (χ1n) is 5.59. The Morgan fingerprint density at radius 1 is 1.41 bits per heavy atom. The Bertz CT molecular complexity index is 396. The van der Waals surface area contributed by atoms with E-state index in [1.807, 2.05) is 11.8 Å². The fraction of sp³-hybridized carbons (Fsp3) is 0.417. The van der Waals surface area contributed by atoms with Crippen molar-refractivity contribution >= 4 is 17.7 Å². The molecule has 4 nitrogen and oxygen atoms in total. The Hall–Kier alpha value is -1.36. The van der Waals surface area contributed by atoms with Crippen LogP contribution >= 0.6 is 11.8 Å². The third-order valence-electron chi connectivity index (χ3n) is 2.76. The second kappa shape index (κ2) is 5.31. The maximum Gasteiger partial charge on any atom is 0.258 e. The van der Waals surface area contributed by atoms with E-state index in [9.17, 15) is 15.0 Å². The lowest BCUT2D eigenvalue weighted by molar-refractivity contribution is 0.0948. The SMILES string of the molecule is O=C(NCC1CCCS1)c1c(O)cccc1O. The minimum absolute atomic E-state index is 0.0458. The van der Waals surface area contributed by atoms with E-state index in [1.165, 1.54) is 24.6 Å². The lowest BCUT2D eigenvalue weighted by atomic mass is 10.1. The van der Waals surface area contributed by atoms with Crippen molar-refractivity contribution < 1.29 is 15.0 Å². The van der Waals surface area contributed by atoms with Crippen molar-refractivity contribution in [2.24, 2.45) is 0 Å². The molecule has 1 aromatic rings. The van der Waals surface area contributed by atoms with Gasteiger partial charge < -0.3 is 15.5 Å².